The zero-order valence-electron chi connectivity index (χ0n) is 12.3. The molecule has 4 heteroatoms. The Bertz CT molecular complexity index is 624. The van der Waals surface area contributed by atoms with Gasteiger partial charge in [0.25, 0.3) is 0 Å². The summed E-state index contributed by atoms with van der Waals surface area (Å²) in [4.78, 5) is 12.4. The zero-order chi connectivity index (χ0) is 15.7. The van der Waals surface area contributed by atoms with Crippen LogP contribution in [-0.2, 0) is 9.53 Å². The number of benzene rings is 1. The monoisotopic (exact) mass is 318 g/mol. The first-order chi connectivity index (χ1) is 10.6. The molecule has 1 aliphatic carbocycles. The lowest BCUT2D eigenvalue weighted by Crippen LogP contribution is -2.34. The van der Waals surface area contributed by atoms with Crippen LogP contribution >= 0.6 is 11.6 Å². The molecule has 2 aliphatic rings. The topological polar surface area (TPSA) is 46.5 Å². The summed E-state index contributed by atoms with van der Waals surface area (Å²) in [5, 5.41) is 11.3. The summed E-state index contributed by atoms with van der Waals surface area (Å²) < 4.78 is 5.61. The van der Waals surface area contributed by atoms with Gasteiger partial charge in [-0.25, -0.2) is 4.79 Å². The van der Waals surface area contributed by atoms with Gasteiger partial charge in [-0.1, -0.05) is 36.2 Å². The number of hydrogen-bond acceptors (Lipinski definition) is 3. The van der Waals surface area contributed by atoms with E-state index in [1.54, 1.807) is 18.2 Å². The van der Waals surface area contributed by atoms with Crippen molar-refractivity contribution in [2.45, 2.75) is 43.6 Å². The van der Waals surface area contributed by atoms with Gasteiger partial charge in [0.2, 0.25) is 0 Å². The van der Waals surface area contributed by atoms with E-state index >= 15 is 0 Å². The lowest BCUT2D eigenvalue weighted by atomic mass is 9.81. The molecule has 3 nitrogen and oxygen atoms in total. The smallest absolute Gasteiger partial charge is 0.339 e. The molecule has 1 unspecified atom stereocenters. The van der Waals surface area contributed by atoms with Crippen molar-refractivity contribution < 1.29 is 14.6 Å². The fourth-order valence-corrected chi connectivity index (χ4v) is 3.58. The van der Waals surface area contributed by atoms with E-state index in [2.05, 4.69) is 6.58 Å². The van der Waals surface area contributed by atoms with Gasteiger partial charge in [-0.05, 0) is 43.4 Å². The molecular formula is C18H19ClO3. The highest BCUT2D eigenvalue weighted by Gasteiger charge is 2.50. The van der Waals surface area contributed by atoms with Gasteiger partial charge in [-0.15, -0.1) is 6.58 Å². The average molecular weight is 319 g/mol. The predicted molar refractivity (Wildman–Crippen MR) is 86.0 cm³/mol. The Morgan fingerprint density at radius 1 is 1.23 bits per heavy atom. The van der Waals surface area contributed by atoms with Gasteiger partial charge in [-0.2, -0.15) is 0 Å². The van der Waals surface area contributed by atoms with E-state index in [0.717, 1.165) is 24.8 Å². The van der Waals surface area contributed by atoms with Crippen LogP contribution in [0.1, 0.15) is 43.6 Å². The third-order valence-electron chi connectivity index (χ3n) is 4.63. The van der Waals surface area contributed by atoms with Gasteiger partial charge in [0.15, 0.2) is 5.60 Å². The van der Waals surface area contributed by atoms with Crippen molar-refractivity contribution in [2.75, 3.05) is 0 Å². The minimum absolute atomic E-state index is 0.0945. The molecule has 1 spiro atoms. The van der Waals surface area contributed by atoms with Crippen LogP contribution < -0.4 is 0 Å². The van der Waals surface area contributed by atoms with Crippen molar-refractivity contribution in [1.82, 2.24) is 0 Å². The van der Waals surface area contributed by atoms with Gasteiger partial charge in [-0.3, -0.25) is 0 Å². The number of halogens is 1. The minimum Gasteiger partial charge on any atom is -0.507 e. The van der Waals surface area contributed by atoms with Gasteiger partial charge >= 0.3 is 5.97 Å². The molecule has 1 aromatic rings. The highest BCUT2D eigenvalue weighted by atomic mass is 35.5. The molecule has 1 heterocycles. The van der Waals surface area contributed by atoms with Crippen LogP contribution in [0.5, 0.6) is 0 Å². The summed E-state index contributed by atoms with van der Waals surface area (Å²) in [7, 11) is 0. The van der Waals surface area contributed by atoms with Gasteiger partial charge < -0.3 is 9.84 Å². The average Bonchev–Trinajstić information content (AvgIpc) is 2.75. The molecule has 0 amide bonds. The van der Waals surface area contributed by atoms with Gasteiger partial charge in [0.05, 0.1) is 5.57 Å². The first-order valence-electron chi connectivity index (χ1n) is 7.62. The van der Waals surface area contributed by atoms with Gasteiger partial charge in [0, 0.05) is 10.9 Å². The molecule has 1 aliphatic heterocycles. The summed E-state index contributed by atoms with van der Waals surface area (Å²) >= 11 is 5.91. The molecule has 1 atom stereocenters. The molecule has 1 saturated carbocycles. The van der Waals surface area contributed by atoms with Crippen molar-refractivity contribution in [3.63, 3.8) is 0 Å². The highest BCUT2D eigenvalue weighted by molar-refractivity contribution is 6.30. The maximum atomic E-state index is 12.4. The van der Waals surface area contributed by atoms with E-state index < -0.39 is 11.6 Å². The molecule has 0 radical (unpaired) electrons. The van der Waals surface area contributed by atoms with Crippen molar-refractivity contribution in [2.24, 2.45) is 0 Å². The molecular weight excluding hydrogens is 300 g/mol. The standard InChI is InChI=1S/C18H19ClO3/c1-2-14(12-6-8-13(19)9-7-12)15-16(20)18(22-17(15)21)10-4-3-5-11-18/h2,6-9,14,20H,1,3-5,10-11H2. The Kier molecular flexibility index (Phi) is 4.00. The van der Waals surface area contributed by atoms with E-state index in [-0.39, 0.29) is 11.7 Å². The van der Waals surface area contributed by atoms with Crippen molar-refractivity contribution in [3.05, 3.63) is 58.8 Å². The number of aliphatic hydroxyl groups excluding tert-OH is 1. The molecule has 0 aromatic heterocycles. The lowest BCUT2D eigenvalue weighted by Gasteiger charge is -2.31. The lowest BCUT2D eigenvalue weighted by molar-refractivity contribution is -0.151. The number of hydrogen-bond donors (Lipinski definition) is 1. The van der Waals surface area contributed by atoms with Crippen LogP contribution in [0, 0.1) is 0 Å². The SMILES string of the molecule is C=CC(C1=C(O)C2(CCCCC2)OC1=O)c1ccc(Cl)cc1. The summed E-state index contributed by atoms with van der Waals surface area (Å²) in [5.41, 5.74) is 0.378. The first-order valence-corrected chi connectivity index (χ1v) is 8.00. The summed E-state index contributed by atoms with van der Waals surface area (Å²) in [6.45, 7) is 3.82. The number of aliphatic hydroxyl groups is 1. The maximum absolute atomic E-state index is 12.4. The van der Waals surface area contributed by atoms with Crippen LogP contribution in [-0.4, -0.2) is 16.7 Å². The fraction of sp³-hybridized carbons (Fsp3) is 0.389. The summed E-state index contributed by atoms with van der Waals surface area (Å²) in [5.74, 6) is -0.720. The molecule has 3 rings (SSSR count). The van der Waals surface area contributed by atoms with Crippen molar-refractivity contribution in [1.29, 1.82) is 0 Å². The Morgan fingerprint density at radius 3 is 2.45 bits per heavy atom. The van der Waals surface area contributed by atoms with Crippen molar-refractivity contribution in [3.8, 4) is 0 Å². The van der Waals surface area contributed by atoms with E-state index in [4.69, 9.17) is 16.3 Å². The van der Waals surface area contributed by atoms with Crippen LogP contribution in [0.4, 0.5) is 0 Å². The second-order valence-electron chi connectivity index (χ2n) is 5.97. The van der Waals surface area contributed by atoms with Crippen LogP contribution in [0.15, 0.2) is 48.3 Å². The third kappa shape index (κ3) is 2.44. The Balaban J connectivity index is 2.01. The highest BCUT2D eigenvalue weighted by Crippen LogP contribution is 2.46. The largest absolute Gasteiger partial charge is 0.507 e. The number of esters is 1. The molecule has 116 valence electrons. The number of carbonyl (C=O) groups is 1. The maximum Gasteiger partial charge on any atom is 0.339 e. The van der Waals surface area contributed by atoms with Crippen molar-refractivity contribution >= 4 is 17.6 Å². The number of allylic oxidation sites excluding steroid dienone is 1. The van der Waals surface area contributed by atoms with E-state index in [0.29, 0.717) is 23.4 Å². The van der Waals surface area contributed by atoms with E-state index in [1.165, 1.54) is 0 Å². The Hall–Kier alpha value is -1.74. The Morgan fingerprint density at radius 2 is 1.86 bits per heavy atom. The first kappa shape index (κ1) is 15.2. The number of ether oxygens (including phenoxy) is 1. The molecule has 0 saturated heterocycles. The molecule has 22 heavy (non-hydrogen) atoms. The number of rotatable bonds is 3. The van der Waals surface area contributed by atoms with Crippen LogP contribution in [0.2, 0.25) is 5.02 Å². The second-order valence-corrected chi connectivity index (χ2v) is 6.41. The quantitative estimate of drug-likeness (QED) is 0.650. The molecule has 1 aromatic carbocycles. The van der Waals surface area contributed by atoms with E-state index in [1.807, 2.05) is 12.1 Å². The minimum atomic E-state index is -0.807. The predicted octanol–water partition coefficient (Wildman–Crippen LogP) is 4.68. The zero-order valence-corrected chi connectivity index (χ0v) is 13.1. The number of carbonyl (C=O) groups excluding carboxylic acids is 1. The molecule has 0 bridgehead atoms. The fourth-order valence-electron chi connectivity index (χ4n) is 3.45. The van der Waals surface area contributed by atoms with Gasteiger partial charge in [0.1, 0.15) is 5.76 Å². The normalized spacial score (nSPS) is 21.8. The summed E-state index contributed by atoms with van der Waals surface area (Å²) in [6.07, 6.45) is 6.09. The van der Waals surface area contributed by atoms with Crippen LogP contribution in [0.25, 0.3) is 0 Å². The van der Waals surface area contributed by atoms with Crippen LogP contribution in [0.3, 0.4) is 0 Å². The molecule has 1 fully saturated rings. The second kappa shape index (κ2) is 5.81. The summed E-state index contributed by atoms with van der Waals surface area (Å²) in [6, 6.07) is 7.21. The van der Waals surface area contributed by atoms with E-state index in [9.17, 15) is 9.90 Å². The third-order valence-corrected chi connectivity index (χ3v) is 4.88. The molecule has 1 N–H and O–H groups in total. The Labute approximate surface area is 135 Å².